The molecule has 0 bridgehead atoms. The second-order valence-electron chi connectivity index (χ2n) is 4.42. The average molecular weight is 274 g/mol. The lowest BCUT2D eigenvalue weighted by Gasteiger charge is -2.13. The van der Waals surface area contributed by atoms with E-state index in [1.54, 1.807) is 0 Å². The van der Waals surface area contributed by atoms with Crippen molar-refractivity contribution in [3.8, 4) is 0 Å². The predicted octanol–water partition coefficient (Wildman–Crippen LogP) is 2.42. The monoisotopic (exact) mass is 273 g/mol. The van der Waals surface area contributed by atoms with Crippen molar-refractivity contribution in [3.63, 3.8) is 0 Å². The fourth-order valence-electron chi connectivity index (χ4n) is 1.90. The molecule has 0 aromatic carbocycles. The van der Waals surface area contributed by atoms with Gasteiger partial charge in [-0.15, -0.1) is 0 Å². The van der Waals surface area contributed by atoms with E-state index in [-0.39, 0.29) is 6.04 Å². The van der Waals surface area contributed by atoms with Gasteiger partial charge in [0.2, 0.25) is 0 Å². The third-order valence-electron chi connectivity index (χ3n) is 2.83. The molecule has 18 heavy (non-hydrogen) atoms. The van der Waals surface area contributed by atoms with E-state index in [2.05, 4.69) is 25.9 Å². The van der Waals surface area contributed by atoms with E-state index in [1.807, 2.05) is 4.68 Å². The van der Waals surface area contributed by atoms with Crippen molar-refractivity contribution in [2.45, 2.75) is 52.6 Å². The van der Waals surface area contributed by atoms with Gasteiger partial charge in [0, 0.05) is 25.6 Å². The zero-order valence-electron chi connectivity index (χ0n) is 11.6. The number of aryl methyl sites for hydroxylation is 2. The van der Waals surface area contributed by atoms with Crippen LogP contribution in [0.4, 0.5) is 0 Å². The van der Waals surface area contributed by atoms with Crippen molar-refractivity contribution in [3.05, 3.63) is 16.4 Å². The summed E-state index contributed by atoms with van der Waals surface area (Å²) >= 11 is 6.33. The average Bonchev–Trinajstić information content (AvgIpc) is 2.66. The molecule has 2 N–H and O–H groups in total. The molecule has 5 heteroatoms. The molecule has 1 aromatic rings. The summed E-state index contributed by atoms with van der Waals surface area (Å²) in [5, 5.41) is 5.25. The summed E-state index contributed by atoms with van der Waals surface area (Å²) in [6, 6.07) is -0.0271. The molecule has 0 saturated heterocycles. The van der Waals surface area contributed by atoms with Crippen LogP contribution < -0.4 is 5.73 Å². The normalized spacial score (nSPS) is 12.9. The van der Waals surface area contributed by atoms with Crippen molar-refractivity contribution in [1.29, 1.82) is 0 Å². The Morgan fingerprint density at radius 1 is 1.39 bits per heavy atom. The largest absolute Gasteiger partial charge is 0.380 e. The molecule has 0 aliphatic rings. The Morgan fingerprint density at radius 3 is 2.67 bits per heavy atom. The lowest BCUT2D eigenvalue weighted by atomic mass is 10.1. The smallest absolute Gasteiger partial charge is 0.0850 e. The van der Waals surface area contributed by atoms with E-state index in [1.165, 1.54) is 0 Å². The molecule has 1 aromatic heterocycles. The SMILES string of the molecule is CCCOCC(N)Cc1c(Cl)c(CC)nn1CC. The van der Waals surface area contributed by atoms with Gasteiger partial charge in [-0.1, -0.05) is 25.4 Å². The van der Waals surface area contributed by atoms with Crippen molar-refractivity contribution >= 4 is 11.6 Å². The minimum atomic E-state index is -0.0271. The minimum absolute atomic E-state index is 0.0271. The first-order valence-electron chi connectivity index (χ1n) is 6.71. The Kier molecular flexibility index (Phi) is 6.68. The van der Waals surface area contributed by atoms with E-state index in [0.717, 1.165) is 42.4 Å². The topological polar surface area (TPSA) is 53.1 Å². The van der Waals surface area contributed by atoms with Crippen LogP contribution in [-0.4, -0.2) is 29.0 Å². The number of nitrogens with zero attached hydrogens (tertiary/aromatic N) is 2. The van der Waals surface area contributed by atoms with Gasteiger partial charge in [-0.05, 0) is 19.8 Å². The molecule has 0 fully saturated rings. The highest BCUT2D eigenvalue weighted by Gasteiger charge is 2.16. The molecular formula is C13H24ClN3O. The molecule has 1 atom stereocenters. The molecule has 0 saturated carbocycles. The van der Waals surface area contributed by atoms with Gasteiger partial charge in [-0.25, -0.2) is 0 Å². The fraction of sp³-hybridized carbons (Fsp3) is 0.769. The van der Waals surface area contributed by atoms with Crippen LogP contribution >= 0.6 is 11.6 Å². The van der Waals surface area contributed by atoms with Gasteiger partial charge in [-0.3, -0.25) is 4.68 Å². The zero-order chi connectivity index (χ0) is 13.5. The predicted molar refractivity (Wildman–Crippen MR) is 75.1 cm³/mol. The van der Waals surface area contributed by atoms with Gasteiger partial charge in [0.05, 0.1) is 23.0 Å². The Morgan fingerprint density at radius 2 is 2.11 bits per heavy atom. The quantitative estimate of drug-likeness (QED) is 0.740. The third-order valence-corrected chi connectivity index (χ3v) is 3.27. The fourth-order valence-corrected chi connectivity index (χ4v) is 2.24. The summed E-state index contributed by atoms with van der Waals surface area (Å²) in [5.41, 5.74) is 8.05. The van der Waals surface area contributed by atoms with Crippen LogP contribution in [0.25, 0.3) is 0 Å². The molecular weight excluding hydrogens is 250 g/mol. The van der Waals surface area contributed by atoms with E-state index < -0.39 is 0 Å². The second kappa shape index (κ2) is 7.77. The van der Waals surface area contributed by atoms with Gasteiger partial charge in [0.15, 0.2) is 0 Å². The number of ether oxygens (including phenoxy) is 1. The summed E-state index contributed by atoms with van der Waals surface area (Å²) < 4.78 is 7.41. The van der Waals surface area contributed by atoms with Gasteiger partial charge in [0.1, 0.15) is 0 Å². The lowest BCUT2D eigenvalue weighted by molar-refractivity contribution is 0.121. The van der Waals surface area contributed by atoms with E-state index in [0.29, 0.717) is 13.0 Å². The molecule has 104 valence electrons. The molecule has 1 unspecified atom stereocenters. The van der Waals surface area contributed by atoms with Gasteiger partial charge >= 0.3 is 0 Å². The van der Waals surface area contributed by atoms with Crippen molar-refractivity contribution in [2.75, 3.05) is 13.2 Å². The summed E-state index contributed by atoms with van der Waals surface area (Å²) in [7, 11) is 0. The highest BCUT2D eigenvalue weighted by atomic mass is 35.5. The van der Waals surface area contributed by atoms with Crippen LogP contribution in [0, 0.1) is 0 Å². The van der Waals surface area contributed by atoms with Gasteiger partial charge in [-0.2, -0.15) is 5.10 Å². The van der Waals surface area contributed by atoms with Crippen LogP contribution in [0.15, 0.2) is 0 Å². The molecule has 0 amide bonds. The van der Waals surface area contributed by atoms with Gasteiger partial charge < -0.3 is 10.5 Å². The molecule has 1 rings (SSSR count). The molecule has 0 radical (unpaired) electrons. The van der Waals surface area contributed by atoms with Crippen LogP contribution in [0.2, 0.25) is 5.02 Å². The summed E-state index contributed by atoms with van der Waals surface area (Å²) in [5.74, 6) is 0. The number of nitrogens with two attached hydrogens (primary N) is 1. The van der Waals surface area contributed by atoms with Crippen LogP contribution in [-0.2, 0) is 24.1 Å². The summed E-state index contributed by atoms with van der Waals surface area (Å²) in [4.78, 5) is 0. The number of hydrogen-bond donors (Lipinski definition) is 1. The molecule has 0 aliphatic carbocycles. The van der Waals surface area contributed by atoms with Crippen molar-refractivity contribution in [2.24, 2.45) is 5.73 Å². The number of aromatic nitrogens is 2. The van der Waals surface area contributed by atoms with Crippen molar-refractivity contribution < 1.29 is 4.74 Å². The summed E-state index contributed by atoms with van der Waals surface area (Å²) in [6.07, 6.45) is 2.57. The first kappa shape index (κ1) is 15.5. The first-order valence-corrected chi connectivity index (χ1v) is 7.09. The zero-order valence-corrected chi connectivity index (χ0v) is 12.3. The van der Waals surface area contributed by atoms with E-state index in [4.69, 9.17) is 22.1 Å². The first-order chi connectivity index (χ1) is 8.63. The van der Waals surface area contributed by atoms with Crippen molar-refractivity contribution in [1.82, 2.24) is 9.78 Å². The second-order valence-corrected chi connectivity index (χ2v) is 4.79. The Hall–Kier alpha value is -0.580. The third kappa shape index (κ3) is 3.97. The molecule has 4 nitrogen and oxygen atoms in total. The summed E-state index contributed by atoms with van der Waals surface area (Å²) in [6.45, 7) is 8.35. The van der Waals surface area contributed by atoms with Crippen LogP contribution in [0.5, 0.6) is 0 Å². The minimum Gasteiger partial charge on any atom is -0.380 e. The number of hydrogen-bond acceptors (Lipinski definition) is 3. The molecule has 0 spiro atoms. The standard InChI is InChI=1S/C13H24ClN3O/c1-4-7-18-9-10(15)8-12-13(14)11(5-2)16-17(12)6-3/h10H,4-9,15H2,1-3H3. The highest BCUT2D eigenvalue weighted by Crippen LogP contribution is 2.22. The lowest BCUT2D eigenvalue weighted by Crippen LogP contribution is -2.30. The Labute approximate surface area is 114 Å². The van der Waals surface area contributed by atoms with E-state index in [9.17, 15) is 0 Å². The van der Waals surface area contributed by atoms with E-state index >= 15 is 0 Å². The van der Waals surface area contributed by atoms with Gasteiger partial charge in [0.25, 0.3) is 0 Å². The maximum atomic E-state index is 6.33. The number of rotatable bonds is 8. The maximum absolute atomic E-state index is 6.33. The molecule has 1 heterocycles. The highest BCUT2D eigenvalue weighted by molar-refractivity contribution is 6.31. The van der Waals surface area contributed by atoms with Crippen LogP contribution in [0.1, 0.15) is 38.6 Å². The Bertz CT molecular complexity index is 365. The maximum Gasteiger partial charge on any atom is 0.0850 e. The van der Waals surface area contributed by atoms with Crippen LogP contribution in [0.3, 0.4) is 0 Å². The molecule has 0 aliphatic heterocycles. The number of halogens is 1. The Balaban J connectivity index is 2.67.